The topological polar surface area (TPSA) is 98.0 Å². The average molecular weight is 469 g/mol. The van der Waals surface area contributed by atoms with E-state index in [1.165, 1.54) is 0 Å². The molecule has 176 valence electrons. The molecule has 0 radical (unpaired) electrons. The molecule has 7 nitrogen and oxygen atoms in total. The van der Waals surface area contributed by atoms with Gasteiger partial charge in [-0.3, -0.25) is 4.79 Å². The van der Waals surface area contributed by atoms with Crippen molar-refractivity contribution in [2.24, 2.45) is 11.1 Å². The van der Waals surface area contributed by atoms with E-state index in [1.807, 2.05) is 49.4 Å². The predicted octanol–water partition coefficient (Wildman–Crippen LogP) is 4.92. The molecule has 1 aliphatic rings. The second-order valence-corrected chi connectivity index (χ2v) is 7.92. The molecule has 3 aromatic carbocycles. The van der Waals surface area contributed by atoms with Crippen molar-refractivity contribution in [2.75, 3.05) is 13.2 Å². The zero-order valence-electron chi connectivity index (χ0n) is 19.2. The van der Waals surface area contributed by atoms with Gasteiger partial charge in [0.2, 0.25) is 0 Å². The third-order valence-corrected chi connectivity index (χ3v) is 5.74. The Morgan fingerprint density at radius 2 is 1.74 bits per heavy atom. The van der Waals surface area contributed by atoms with E-state index < -0.39 is 17.8 Å². The first-order chi connectivity index (χ1) is 17.1. The molecule has 0 fully saturated rings. The molecular weight excluding hydrogens is 444 g/mol. The lowest BCUT2D eigenvalue weighted by molar-refractivity contribution is -0.143. The van der Waals surface area contributed by atoms with Crippen LogP contribution in [0.2, 0.25) is 0 Å². The summed E-state index contributed by atoms with van der Waals surface area (Å²) in [5.41, 5.74) is 2.49. The van der Waals surface area contributed by atoms with Gasteiger partial charge in [-0.15, -0.1) is 0 Å². The normalized spacial score (nSPS) is 15.5. The summed E-state index contributed by atoms with van der Waals surface area (Å²) in [5.74, 6) is -1.13. The molecule has 1 aliphatic heterocycles. The molecule has 0 aromatic heterocycles. The van der Waals surface area contributed by atoms with Crippen LogP contribution in [0, 0.1) is 17.2 Å². The standard InChI is InChI=1S/C28H24N2O5/c1-2-33-25-17-21(13-14-24(25)34-16-15-29)22(18-23(31)19-9-5-3-6-10-19)26-27(30-35-28(26)32)20-11-7-4-8-12-20/h3-14,17,22,26H,2,16,18H2,1H3. The molecular formula is C28H24N2O5. The third-order valence-electron chi connectivity index (χ3n) is 5.74. The highest BCUT2D eigenvalue weighted by atomic mass is 16.7. The number of oxime groups is 1. The largest absolute Gasteiger partial charge is 0.490 e. The van der Waals surface area contributed by atoms with Gasteiger partial charge in [0.1, 0.15) is 17.7 Å². The lowest BCUT2D eigenvalue weighted by Crippen LogP contribution is -2.28. The summed E-state index contributed by atoms with van der Waals surface area (Å²) in [6.45, 7) is 2.09. The van der Waals surface area contributed by atoms with Crippen LogP contribution in [0.15, 0.2) is 84.0 Å². The number of Topliss-reactive ketones (excluding diaryl/α,β-unsaturated/α-hetero) is 1. The minimum absolute atomic E-state index is 0.0552. The van der Waals surface area contributed by atoms with Crippen LogP contribution in [0.25, 0.3) is 0 Å². The molecule has 0 spiro atoms. The van der Waals surface area contributed by atoms with Gasteiger partial charge in [-0.1, -0.05) is 71.9 Å². The van der Waals surface area contributed by atoms with Crippen LogP contribution in [-0.4, -0.2) is 30.7 Å². The fourth-order valence-electron chi connectivity index (χ4n) is 4.14. The van der Waals surface area contributed by atoms with Crippen molar-refractivity contribution in [1.82, 2.24) is 0 Å². The van der Waals surface area contributed by atoms with Crippen LogP contribution in [0.4, 0.5) is 0 Å². The van der Waals surface area contributed by atoms with E-state index in [0.717, 1.165) is 5.56 Å². The van der Waals surface area contributed by atoms with Gasteiger partial charge in [-0.25, -0.2) is 4.79 Å². The van der Waals surface area contributed by atoms with Crippen LogP contribution < -0.4 is 9.47 Å². The minimum Gasteiger partial charge on any atom is -0.490 e. The maximum absolute atomic E-state index is 13.3. The summed E-state index contributed by atoms with van der Waals surface area (Å²) in [5, 5.41) is 13.0. The molecule has 0 bridgehead atoms. The second kappa shape index (κ2) is 11.1. The van der Waals surface area contributed by atoms with Gasteiger partial charge in [0.25, 0.3) is 0 Å². The van der Waals surface area contributed by atoms with E-state index in [-0.39, 0.29) is 18.8 Å². The Labute approximate surface area is 203 Å². The molecule has 35 heavy (non-hydrogen) atoms. The van der Waals surface area contributed by atoms with Crippen molar-refractivity contribution in [3.8, 4) is 17.6 Å². The number of nitriles is 1. The summed E-state index contributed by atoms with van der Waals surface area (Å²) in [6.07, 6.45) is 0.0552. The van der Waals surface area contributed by atoms with Crippen molar-refractivity contribution in [3.63, 3.8) is 0 Å². The van der Waals surface area contributed by atoms with Crippen LogP contribution in [0.5, 0.6) is 11.5 Å². The first-order valence-corrected chi connectivity index (χ1v) is 11.3. The molecule has 0 saturated heterocycles. The second-order valence-electron chi connectivity index (χ2n) is 7.92. The van der Waals surface area contributed by atoms with Gasteiger partial charge < -0.3 is 14.3 Å². The Balaban J connectivity index is 1.77. The number of ketones is 1. The van der Waals surface area contributed by atoms with Gasteiger partial charge in [-0.05, 0) is 24.6 Å². The minimum atomic E-state index is -0.787. The average Bonchev–Trinajstić information content (AvgIpc) is 3.28. The Hall–Kier alpha value is -4.44. The zero-order chi connectivity index (χ0) is 24.6. The Morgan fingerprint density at radius 1 is 1.03 bits per heavy atom. The van der Waals surface area contributed by atoms with Gasteiger partial charge in [0.15, 0.2) is 23.9 Å². The Kier molecular flexibility index (Phi) is 7.53. The summed E-state index contributed by atoms with van der Waals surface area (Å²) < 4.78 is 11.2. The van der Waals surface area contributed by atoms with Crippen molar-refractivity contribution in [2.45, 2.75) is 19.3 Å². The fourth-order valence-corrected chi connectivity index (χ4v) is 4.14. The Bertz CT molecular complexity index is 1270. The summed E-state index contributed by atoms with van der Waals surface area (Å²) in [7, 11) is 0. The van der Waals surface area contributed by atoms with Gasteiger partial charge >= 0.3 is 5.97 Å². The lowest BCUT2D eigenvalue weighted by Gasteiger charge is -2.23. The van der Waals surface area contributed by atoms with E-state index in [9.17, 15) is 9.59 Å². The van der Waals surface area contributed by atoms with E-state index >= 15 is 0 Å². The van der Waals surface area contributed by atoms with Gasteiger partial charge in [0, 0.05) is 23.5 Å². The van der Waals surface area contributed by atoms with Crippen LogP contribution >= 0.6 is 0 Å². The highest BCUT2D eigenvalue weighted by Gasteiger charge is 2.42. The molecule has 2 atom stereocenters. The smallest absolute Gasteiger partial charge is 0.344 e. The van der Waals surface area contributed by atoms with Gasteiger partial charge in [0.05, 0.1) is 6.61 Å². The van der Waals surface area contributed by atoms with Crippen molar-refractivity contribution >= 4 is 17.5 Å². The van der Waals surface area contributed by atoms with Gasteiger partial charge in [-0.2, -0.15) is 5.26 Å². The number of rotatable bonds is 10. The maximum atomic E-state index is 13.3. The van der Waals surface area contributed by atoms with Crippen LogP contribution in [0.1, 0.15) is 40.7 Å². The van der Waals surface area contributed by atoms with E-state index in [1.54, 1.807) is 42.5 Å². The molecule has 0 N–H and O–H groups in total. The van der Waals surface area contributed by atoms with Crippen LogP contribution in [-0.2, 0) is 9.63 Å². The molecule has 0 amide bonds. The van der Waals surface area contributed by atoms with Crippen LogP contribution in [0.3, 0.4) is 0 Å². The van der Waals surface area contributed by atoms with Crippen molar-refractivity contribution < 1.29 is 23.9 Å². The first kappa shape index (κ1) is 23.7. The third kappa shape index (κ3) is 5.39. The van der Waals surface area contributed by atoms with Crippen molar-refractivity contribution in [3.05, 3.63) is 95.6 Å². The summed E-state index contributed by atoms with van der Waals surface area (Å²) in [6, 6.07) is 25.4. The molecule has 0 saturated carbocycles. The highest BCUT2D eigenvalue weighted by Crippen LogP contribution is 2.39. The van der Waals surface area contributed by atoms with E-state index in [4.69, 9.17) is 19.6 Å². The maximum Gasteiger partial charge on any atom is 0.344 e. The molecule has 0 aliphatic carbocycles. The monoisotopic (exact) mass is 468 g/mol. The van der Waals surface area contributed by atoms with E-state index in [2.05, 4.69) is 5.16 Å². The quantitative estimate of drug-likeness (QED) is 0.309. The summed E-state index contributed by atoms with van der Waals surface area (Å²) in [4.78, 5) is 31.4. The molecule has 1 heterocycles. The van der Waals surface area contributed by atoms with Crippen molar-refractivity contribution in [1.29, 1.82) is 5.26 Å². The summed E-state index contributed by atoms with van der Waals surface area (Å²) >= 11 is 0. The fraction of sp³-hybridized carbons (Fsp3) is 0.214. The molecule has 7 heteroatoms. The molecule has 4 rings (SSSR count). The number of carbonyl (C=O) groups excluding carboxylic acids is 2. The SMILES string of the molecule is CCOc1cc(C(CC(=O)c2ccccc2)C2C(=O)ON=C2c2ccccc2)ccc1OCC#N. The number of benzene rings is 3. The number of carbonyl (C=O) groups is 2. The van der Waals surface area contributed by atoms with E-state index in [0.29, 0.717) is 34.9 Å². The number of nitrogens with zero attached hydrogens (tertiary/aromatic N) is 2. The lowest BCUT2D eigenvalue weighted by atomic mass is 9.77. The zero-order valence-corrected chi connectivity index (χ0v) is 19.2. The molecule has 3 aromatic rings. The number of hydrogen-bond donors (Lipinski definition) is 0. The molecule has 2 unspecified atom stereocenters. The first-order valence-electron chi connectivity index (χ1n) is 11.3. The number of hydrogen-bond acceptors (Lipinski definition) is 7. The highest BCUT2D eigenvalue weighted by molar-refractivity contribution is 6.15. The predicted molar refractivity (Wildman–Crippen MR) is 129 cm³/mol. The Morgan fingerprint density at radius 3 is 2.43 bits per heavy atom. The number of ether oxygens (including phenoxy) is 2.